The summed E-state index contributed by atoms with van der Waals surface area (Å²) in [6, 6.07) is 15.1. The normalized spacial score (nSPS) is 11.1. The molecule has 0 aliphatic rings. The second-order valence-corrected chi connectivity index (χ2v) is 5.38. The Labute approximate surface area is 110 Å². The molecule has 0 unspecified atom stereocenters. The van der Waals surface area contributed by atoms with Gasteiger partial charge in [0.2, 0.25) is 0 Å². The summed E-state index contributed by atoms with van der Waals surface area (Å²) in [5.74, 6) is 0.825. The maximum absolute atomic E-state index is 3.51. The van der Waals surface area contributed by atoms with Crippen molar-refractivity contribution in [2.45, 2.75) is 33.1 Å². The molecule has 2 aromatic rings. The number of rotatable bonds is 6. The van der Waals surface area contributed by atoms with Gasteiger partial charge in [-0.25, -0.2) is 0 Å². The van der Waals surface area contributed by atoms with Crippen molar-refractivity contribution in [1.29, 1.82) is 0 Å². The van der Waals surface area contributed by atoms with E-state index in [1.54, 1.807) is 0 Å². The van der Waals surface area contributed by atoms with Crippen LogP contribution in [0.4, 0.5) is 5.69 Å². The quantitative estimate of drug-likeness (QED) is 0.695. The van der Waals surface area contributed by atoms with Crippen LogP contribution >= 0.6 is 0 Å². The number of unbranched alkanes of at least 4 members (excludes halogenated alkanes) is 1. The minimum absolute atomic E-state index is 0.825. The van der Waals surface area contributed by atoms with E-state index in [4.69, 9.17) is 0 Å². The lowest BCUT2D eigenvalue weighted by atomic mass is 10.1. The number of nitrogens with one attached hydrogen (secondary N) is 1. The Morgan fingerprint density at radius 2 is 1.72 bits per heavy atom. The molecule has 0 heterocycles. The molecule has 0 bridgehead atoms. The summed E-state index contributed by atoms with van der Waals surface area (Å²) >= 11 is 0. The highest BCUT2D eigenvalue weighted by Crippen LogP contribution is 2.18. The average molecular weight is 241 g/mol. The van der Waals surface area contributed by atoms with Gasteiger partial charge in [-0.1, -0.05) is 57.0 Å². The highest BCUT2D eigenvalue weighted by atomic mass is 14.9. The van der Waals surface area contributed by atoms with Gasteiger partial charge in [-0.3, -0.25) is 0 Å². The first-order valence-electron chi connectivity index (χ1n) is 6.98. The van der Waals surface area contributed by atoms with Crippen LogP contribution in [-0.2, 0) is 0 Å². The third-order valence-corrected chi connectivity index (χ3v) is 3.29. The molecule has 0 fully saturated rings. The smallest absolute Gasteiger partial charge is 0.0346 e. The second kappa shape index (κ2) is 6.44. The molecule has 1 N–H and O–H groups in total. The van der Waals surface area contributed by atoms with E-state index in [0.29, 0.717) is 0 Å². The molecule has 0 aliphatic carbocycles. The van der Waals surface area contributed by atoms with Crippen LogP contribution < -0.4 is 5.32 Å². The average Bonchev–Trinajstić information content (AvgIpc) is 2.38. The van der Waals surface area contributed by atoms with Crippen molar-refractivity contribution in [3.8, 4) is 0 Å². The minimum atomic E-state index is 0.825. The SMILES string of the molecule is CC(C)CCCCNc1ccc2ccccc2c1. The van der Waals surface area contributed by atoms with Crippen LogP contribution in [0, 0.1) is 5.92 Å². The first kappa shape index (κ1) is 12.9. The summed E-state index contributed by atoms with van der Waals surface area (Å²) in [5.41, 5.74) is 1.23. The van der Waals surface area contributed by atoms with Crippen LogP contribution in [0.5, 0.6) is 0 Å². The summed E-state index contributed by atoms with van der Waals surface area (Å²) in [7, 11) is 0. The summed E-state index contributed by atoms with van der Waals surface area (Å²) in [6.45, 7) is 5.65. The fourth-order valence-electron chi connectivity index (χ4n) is 2.21. The fourth-order valence-corrected chi connectivity index (χ4v) is 2.21. The van der Waals surface area contributed by atoms with Gasteiger partial charge in [0, 0.05) is 12.2 Å². The van der Waals surface area contributed by atoms with Gasteiger partial charge in [-0.15, -0.1) is 0 Å². The van der Waals surface area contributed by atoms with Gasteiger partial charge in [0.1, 0.15) is 0 Å². The molecule has 2 rings (SSSR count). The largest absolute Gasteiger partial charge is 0.385 e. The third kappa shape index (κ3) is 3.76. The maximum atomic E-state index is 3.51. The molecular weight excluding hydrogens is 218 g/mol. The van der Waals surface area contributed by atoms with Crippen LogP contribution in [0.15, 0.2) is 42.5 Å². The molecule has 0 radical (unpaired) electrons. The van der Waals surface area contributed by atoms with E-state index in [1.807, 2.05) is 0 Å². The lowest BCUT2D eigenvalue weighted by molar-refractivity contribution is 0.545. The molecule has 1 heteroatoms. The van der Waals surface area contributed by atoms with Crippen molar-refractivity contribution in [2.75, 3.05) is 11.9 Å². The van der Waals surface area contributed by atoms with E-state index in [1.165, 1.54) is 35.7 Å². The summed E-state index contributed by atoms with van der Waals surface area (Å²) in [6.07, 6.45) is 3.91. The van der Waals surface area contributed by atoms with E-state index in [9.17, 15) is 0 Å². The van der Waals surface area contributed by atoms with E-state index in [2.05, 4.69) is 61.6 Å². The fraction of sp³-hybridized carbons (Fsp3) is 0.412. The number of fused-ring (bicyclic) bond motifs is 1. The van der Waals surface area contributed by atoms with E-state index in [0.717, 1.165) is 12.5 Å². The molecule has 1 nitrogen and oxygen atoms in total. The van der Waals surface area contributed by atoms with E-state index < -0.39 is 0 Å². The van der Waals surface area contributed by atoms with Gasteiger partial charge in [-0.2, -0.15) is 0 Å². The second-order valence-electron chi connectivity index (χ2n) is 5.38. The standard InChI is InChI=1S/C17H23N/c1-14(2)7-5-6-12-18-17-11-10-15-8-3-4-9-16(15)13-17/h3-4,8-11,13-14,18H,5-7,12H2,1-2H3. The number of hydrogen-bond acceptors (Lipinski definition) is 1. The van der Waals surface area contributed by atoms with Gasteiger partial charge < -0.3 is 5.32 Å². The third-order valence-electron chi connectivity index (χ3n) is 3.29. The molecule has 0 aromatic heterocycles. The van der Waals surface area contributed by atoms with Crippen LogP contribution in [0.25, 0.3) is 10.8 Å². The van der Waals surface area contributed by atoms with Crippen molar-refractivity contribution in [1.82, 2.24) is 0 Å². The molecule has 0 saturated heterocycles. The van der Waals surface area contributed by atoms with Gasteiger partial charge in [0.05, 0.1) is 0 Å². The van der Waals surface area contributed by atoms with Crippen molar-refractivity contribution < 1.29 is 0 Å². The highest BCUT2D eigenvalue weighted by molar-refractivity contribution is 5.85. The lowest BCUT2D eigenvalue weighted by Gasteiger charge is -2.08. The summed E-state index contributed by atoms with van der Waals surface area (Å²) in [5, 5.41) is 6.13. The summed E-state index contributed by atoms with van der Waals surface area (Å²) in [4.78, 5) is 0. The summed E-state index contributed by atoms with van der Waals surface area (Å²) < 4.78 is 0. The van der Waals surface area contributed by atoms with Crippen LogP contribution in [0.3, 0.4) is 0 Å². The Hall–Kier alpha value is -1.50. The zero-order chi connectivity index (χ0) is 12.8. The van der Waals surface area contributed by atoms with Gasteiger partial charge in [-0.05, 0) is 35.2 Å². The van der Waals surface area contributed by atoms with Crippen molar-refractivity contribution >= 4 is 16.5 Å². The van der Waals surface area contributed by atoms with Gasteiger partial charge in [0.25, 0.3) is 0 Å². The Morgan fingerprint density at radius 1 is 0.944 bits per heavy atom. The predicted molar refractivity (Wildman–Crippen MR) is 81.1 cm³/mol. The van der Waals surface area contributed by atoms with Crippen LogP contribution in [0.1, 0.15) is 33.1 Å². The zero-order valence-corrected chi connectivity index (χ0v) is 11.4. The molecule has 2 aromatic carbocycles. The highest BCUT2D eigenvalue weighted by Gasteiger charge is 1.96. The number of hydrogen-bond donors (Lipinski definition) is 1. The molecule has 0 spiro atoms. The molecule has 0 amide bonds. The lowest BCUT2D eigenvalue weighted by Crippen LogP contribution is -2.01. The number of anilines is 1. The molecule has 0 saturated carbocycles. The molecular formula is C17H23N. The molecule has 0 atom stereocenters. The zero-order valence-electron chi connectivity index (χ0n) is 11.4. The molecule has 96 valence electrons. The molecule has 0 aliphatic heterocycles. The predicted octanol–water partition coefficient (Wildman–Crippen LogP) is 5.08. The maximum Gasteiger partial charge on any atom is 0.0346 e. The first-order chi connectivity index (χ1) is 8.75. The Kier molecular flexibility index (Phi) is 4.63. The van der Waals surface area contributed by atoms with Crippen molar-refractivity contribution in [3.05, 3.63) is 42.5 Å². The van der Waals surface area contributed by atoms with Crippen molar-refractivity contribution in [3.63, 3.8) is 0 Å². The van der Waals surface area contributed by atoms with Crippen LogP contribution in [0.2, 0.25) is 0 Å². The van der Waals surface area contributed by atoms with Crippen LogP contribution in [-0.4, -0.2) is 6.54 Å². The van der Waals surface area contributed by atoms with Gasteiger partial charge in [0.15, 0.2) is 0 Å². The van der Waals surface area contributed by atoms with Crippen molar-refractivity contribution in [2.24, 2.45) is 5.92 Å². The first-order valence-corrected chi connectivity index (χ1v) is 6.98. The minimum Gasteiger partial charge on any atom is -0.385 e. The number of benzene rings is 2. The monoisotopic (exact) mass is 241 g/mol. The molecule has 18 heavy (non-hydrogen) atoms. The topological polar surface area (TPSA) is 12.0 Å². The van der Waals surface area contributed by atoms with Gasteiger partial charge >= 0.3 is 0 Å². The van der Waals surface area contributed by atoms with E-state index >= 15 is 0 Å². The Bertz CT molecular complexity index is 488. The Morgan fingerprint density at radius 3 is 2.50 bits per heavy atom. The van der Waals surface area contributed by atoms with E-state index in [-0.39, 0.29) is 0 Å². The Balaban J connectivity index is 1.84.